The first-order valence-corrected chi connectivity index (χ1v) is 7.89. The SMILES string of the molecule is CCCNC(Cc1ccncc1Cl)c1cccc(C)c1C. The number of aromatic nitrogens is 1. The lowest BCUT2D eigenvalue weighted by Gasteiger charge is -2.22. The summed E-state index contributed by atoms with van der Waals surface area (Å²) in [6.45, 7) is 7.54. The Morgan fingerprint density at radius 3 is 2.76 bits per heavy atom. The molecule has 0 saturated carbocycles. The standard InChI is InChI=1S/C18H23ClN2/c1-4-9-21-18(11-15-8-10-20-12-17(15)19)16-7-5-6-13(2)14(16)3/h5-8,10,12,18,21H,4,9,11H2,1-3H3. The summed E-state index contributed by atoms with van der Waals surface area (Å²) in [5.41, 5.74) is 5.19. The summed E-state index contributed by atoms with van der Waals surface area (Å²) in [6, 6.07) is 8.80. The molecule has 2 nitrogen and oxygen atoms in total. The summed E-state index contributed by atoms with van der Waals surface area (Å²) in [5, 5.41) is 4.39. The van der Waals surface area contributed by atoms with E-state index < -0.39 is 0 Å². The van der Waals surface area contributed by atoms with E-state index in [1.807, 2.05) is 6.07 Å². The van der Waals surface area contributed by atoms with Crippen LogP contribution in [0.4, 0.5) is 0 Å². The molecule has 0 saturated heterocycles. The van der Waals surface area contributed by atoms with E-state index in [4.69, 9.17) is 11.6 Å². The molecule has 1 N–H and O–H groups in total. The summed E-state index contributed by atoms with van der Waals surface area (Å²) < 4.78 is 0. The average Bonchev–Trinajstić information content (AvgIpc) is 2.48. The van der Waals surface area contributed by atoms with Gasteiger partial charge in [-0.1, -0.05) is 36.7 Å². The van der Waals surface area contributed by atoms with Crippen LogP contribution in [0.3, 0.4) is 0 Å². The molecule has 1 aromatic carbocycles. The van der Waals surface area contributed by atoms with Crippen molar-refractivity contribution in [2.24, 2.45) is 0 Å². The fraction of sp³-hybridized carbons (Fsp3) is 0.389. The summed E-state index contributed by atoms with van der Waals surface area (Å²) in [4.78, 5) is 4.07. The molecule has 112 valence electrons. The van der Waals surface area contributed by atoms with Crippen LogP contribution in [0.15, 0.2) is 36.7 Å². The maximum atomic E-state index is 6.27. The Hall–Kier alpha value is -1.38. The van der Waals surface area contributed by atoms with Gasteiger partial charge in [0.25, 0.3) is 0 Å². The normalized spacial score (nSPS) is 12.4. The Balaban J connectivity index is 2.30. The molecule has 0 amide bonds. The summed E-state index contributed by atoms with van der Waals surface area (Å²) in [5.74, 6) is 0. The molecule has 0 aliphatic heterocycles. The minimum atomic E-state index is 0.282. The number of nitrogens with one attached hydrogen (secondary N) is 1. The Morgan fingerprint density at radius 2 is 2.05 bits per heavy atom. The molecule has 2 aromatic rings. The van der Waals surface area contributed by atoms with E-state index in [0.29, 0.717) is 0 Å². The van der Waals surface area contributed by atoms with Crippen molar-refractivity contribution < 1.29 is 0 Å². The number of hydrogen-bond acceptors (Lipinski definition) is 2. The fourth-order valence-electron chi connectivity index (χ4n) is 2.55. The maximum Gasteiger partial charge on any atom is 0.0622 e. The van der Waals surface area contributed by atoms with Gasteiger partial charge >= 0.3 is 0 Å². The van der Waals surface area contributed by atoms with Gasteiger partial charge in [-0.3, -0.25) is 4.98 Å². The lowest BCUT2D eigenvalue weighted by molar-refractivity contribution is 0.526. The number of nitrogens with zero attached hydrogens (tertiary/aromatic N) is 1. The molecule has 1 atom stereocenters. The van der Waals surface area contributed by atoms with Crippen molar-refractivity contribution in [3.63, 3.8) is 0 Å². The van der Waals surface area contributed by atoms with Crippen molar-refractivity contribution >= 4 is 11.6 Å². The van der Waals surface area contributed by atoms with Gasteiger partial charge in [0.05, 0.1) is 5.02 Å². The quantitative estimate of drug-likeness (QED) is 0.841. The highest BCUT2D eigenvalue weighted by atomic mass is 35.5. The van der Waals surface area contributed by atoms with Crippen LogP contribution in [0, 0.1) is 13.8 Å². The highest BCUT2D eigenvalue weighted by molar-refractivity contribution is 6.31. The van der Waals surface area contributed by atoms with Crippen LogP contribution >= 0.6 is 11.6 Å². The Labute approximate surface area is 132 Å². The molecule has 1 aromatic heterocycles. The van der Waals surface area contributed by atoms with Crippen molar-refractivity contribution in [2.45, 2.75) is 39.7 Å². The number of hydrogen-bond donors (Lipinski definition) is 1. The predicted octanol–water partition coefficient (Wildman–Crippen LogP) is 4.64. The fourth-order valence-corrected chi connectivity index (χ4v) is 2.75. The van der Waals surface area contributed by atoms with E-state index in [1.165, 1.54) is 16.7 Å². The first kappa shape index (κ1) is 16.0. The molecular formula is C18H23ClN2. The number of pyridine rings is 1. The molecule has 2 rings (SSSR count). The summed E-state index contributed by atoms with van der Waals surface area (Å²) in [7, 11) is 0. The van der Waals surface area contributed by atoms with Gasteiger partial charge in [0.1, 0.15) is 0 Å². The lowest BCUT2D eigenvalue weighted by atomic mass is 9.93. The lowest BCUT2D eigenvalue weighted by Crippen LogP contribution is -2.25. The van der Waals surface area contributed by atoms with Gasteiger partial charge in [-0.05, 0) is 61.6 Å². The van der Waals surface area contributed by atoms with E-state index in [0.717, 1.165) is 30.0 Å². The van der Waals surface area contributed by atoms with Gasteiger partial charge in [-0.15, -0.1) is 0 Å². The second-order valence-electron chi connectivity index (χ2n) is 5.47. The third-order valence-corrected chi connectivity index (χ3v) is 4.28. The van der Waals surface area contributed by atoms with E-state index >= 15 is 0 Å². The van der Waals surface area contributed by atoms with E-state index in [1.54, 1.807) is 12.4 Å². The number of benzene rings is 1. The molecule has 0 fully saturated rings. The minimum Gasteiger partial charge on any atom is -0.310 e. The molecule has 1 heterocycles. The van der Waals surface area contributed by atoms with Crippen LogP contribution in [0.5, 0.6) is 0 Å². The van der Waals surface area contributed by atoms with Crippen LogP contribution in [0.2, 0.25) is 5.02 Å². The van der Waals surface area contributed by atoms with Crippen LogP contribution in [-0.2, 0) is 6.42 Å². The Bertz CT molecular complexity index is 596. The number of aryl methyl sites for hydroxylation is 1. The molecule has 1 unspecified atom stereocenters. The van der Waals surface area contributed by atoms with Crippen molar-refractivity contribution in [3.8, 4) is 0 Å². The molecule has 0 bridgehead atoms. The molecular weight excluding hydrogens is 280 g/mol. The van der Waals surface area contributed by atoms with E-state index in [2.05, 4.69) is 49.3 Å². The van der Waals surface area contributed by atoms with Gasteiger partial charge in [0.2, 0.25) is 0 Å². The summed E-state index contributed by atoms with van der Waals surface area (Å²) in [6.07, 6.45) is 5.52. The van der Waals surface area contributed by atoms with Crippen molar-refractivity contribution in [1.82, 2.24) is 10.3 Å². The average molecular weight is 303 g/mol. The Kier molecular flexibility index (Phi) is 5.77. The third-order valence-electron chi connectivity index (χ3n) is 3.94. The molecule has 21 heavy (non-hydrogen) atoms. The van der Waals surface area contributed by atoms with Crippen LogP contribution in [0.25, 0.3) is 0 Å². The second-order valence-corrected chi connectivity index (χ2v) is 5.87. The largest absolute Gasteiger partial charge is 0.310 e. The third kappa shape index (κ3) is 4.05. The smallest absolute Gasteiger partial charge is 0.0622 e. The zero-order chi connectivity index (χ0) is 15.2. The molecule has 0 spiro atoms. The highest BCUT2D eigenvalue weighted by Crippen LogP contribution is 2.26. The van der Waals surface area contributed by atoms with Crippen LogP contribution in [-0.4, -0.2) is 11.5 Å². The van der Waals surface area contributed by atoms with Gasteiger partial charge < -0.3 is 5.32 Å². The zero-order valence-electron chi connectivity index (χ0n) is 13.0. The van der Waals surface area contributed by atoms with Crippen molar-refractivity contribution in [2.75, 3.05) is 6.54 Å². The number of rotatable bonds is 6. The van der Waals surface area contributed by atoms with E-state index in [9.17, 15) is 0 Å². The topological polar surface area (TPSA) is 24.9 Å². The minimum absolute atomic E-state index is 0.282. The molecule has 0 aliphatic rings. The van der Waals surface area contributed by atoms with Gasteiger partial charge in [0.15, 0.2) is 0 Å². The molecule has 0 radical (unpaired) electrons. The van der Waals surface area contributed by atoms with Gasteiger partial charge in [-0.25, -0.2) is 0 Å². The van der Waals surface area contributed by atoms with Crippen LogP contribution in [0.1, 0.15) is 41.6 Å². The van der Waals surface area contributed by atoms with Crippen molar-refractivity contribution in [3.05, 3.63) is 63.9 Å². The highest BCUT2D eigenvalue weighted by Gasteiger charge is 2.16. The zero-order valence-corrected chi connectivity index (χ0v) is 13.7. The van der Waals surface area contributed by atoms with Crippen molar-refractivity contribution in [1.29, 1.82) is 0 Å². The van der Waals surface area contributed by atoms with Crippen LogP contribution < -0.4 is 5.32 Å². The second kappa shape index (κ2) is 7.58. The molecule has 0 aliphatic carbocycles. The number of halogens is 1. The van der Waals surface area contributed by atoms with Gasteiger partial charge in [-0.2, -0.15) is 0 Å². The summed E-state index contributed by atoms with van der Waals surface area (Å²) >= 11 is 6.27. The molecule has 3 heteroatoms. The Morgan fingerprint density at radius 1 is 1.24 bits per heavy atom. The van der Waals surface area contributed by atoms with E-state index in [-0.39, 0.29) is 6.04 Å². The van der Waals surface area contributed by atoms with Gasteiger partial charge in [0, 0.05) is 18.4 Å². The first-order chi connectivity index (χ1) is 10.1. The first-order valence-electron chi connectivity index (χ1n) is 7.51. The maximum absolute atomic E-state index is 6.27. The predicted molar refractivity (Wildman–Crippen MR) is 89.9 cm³/mol. The monoisotopic (exact) mass is 302 g/mol.